The summed E-state index contributed by atoms with van der Waals surface area (Å²) in [5.74, 6) is 0.589. The van der Waals surface area contributed by atoms with Gasteiger partial charge in [0.15, 0.2) is 0 Å². The van der Waals surface area contributed by atoms with Crippen LogP contribution >= 0.6 is 0 Å². The second-order valence-corrected chi connectivity index (χ2v) is 6.80. The van der Waals surface area contributed by atoms with Gasteiger partial charge >= 0.3 is 0 Å². The van der Waals surface area contributed by atoms with Gasteiger partial charge in [0, 0.05) is 5.92 Å². The second kappa shape index (κ2) is 11.8. The van der Waals surface area contributed by atoms with Crippen LogP contribution in [0.3, 0.4) is 0 Å². The van der Waals surface area contributed by atoms with Gasteiger partial charge < -0.3 is 0 Å². The molecule has 0 aliphatic heterocycles. The number of hydrogen-bond donors (Lipinski definition) is 0. The van der Waals surface area contributed by atoms with Crippen LogP contribution in [0.15, 0.2) is 103 Å². The number of hydrogen-bond acceptors (Lipinski definition) is 0. The standard InChI is InChI=1S/C13H12.C13H14.C2H6/c1-11-6-5-9-13(10-11)12-7-3-2-4-8-12;1-11-7-9-13(10-8-11)12-5-3-2-4-6-12;1-2/h2-10H,1H3;2-5,7-10,12H,6H2,1H3;1-2H3. The van der Waals surface area contributed by atoms with Crippen molar-refractivity contribution in [3.63, 3.8) is 0 Å². The monoisotopic (exact) mass is 368 g/mol. The molecule has 0 radical (unpaired) electrons. The zero-order chi connectivity index (χ0) is 20.2. The van der Waals surface area contributed by atoms with Gasteiger partial charge in [-0.15, -0.1) is 0 Å². The highest BCUT2D eigenvalue weighted by Crippen LogP contribution is 2.24. The Balaban J connectivity index is 0.000000184. The van der Waals surface area contributed by atoms with Gasteiger partial charge in [-0.2, -0.15) is 0 Å². The molecule has 0 heteroatoms. The molecular weight excluding hydrogens is 336 g/mol. The summed E-state index contributed by atoms with van der Waals surface area (Å²) in [6.45, 7) is 8.24. The Morgan fingerprint density at radius 2 is 1.32 bits per heavy atom. The molecular formula is C28H32. The molecule has 28 heavy (non-hydrogen) atoms. The maximum Gasteiger partial charge on any atom is 0.00557 e. The first kappa shape index (κ1) is 21.4. The Morgan fingerprint density at radius 1 is 0.643 bits per heavy atom. The van der Waals surface area contributed by atoms with Crippen LogP contribution in [0.5, 0.6) is 0 Å². The molecule has 0 saturated heterocycles. The van der Waals surface area contributed by atoms with Crippen LogP contribution in [0.1, 0.15) is 42.9 Å². The summed E-state index contributed by atoms with van der Waals surface area (Å²) in [5, 5.41) is 0. The molecule has 0 saturated carbocycles. The normalized spacial score (nSPS) is 14.4. The van der Waals surface area contributed by atoms with Crippen LogP contribution < -0.4 is 0 Å². The predicted octanol–water partition coefficient (Wildman–Crippen LogP) is 8.28. The number of aryl methyl sites for hydroxylation is 2. The molecule has 0 fully saturated rings. The van der Waals surface area contributed by atoms with Crippen molar-refractivity contribution in [2.24, 2.45) is 0 Å². The fourth-order valence-electron chi connectivity index (χ4n) is 3.10. The summed E-state index contributed by atoms with van der Waals surface area (Å²) in [5.41, 5.74) is 6.64. The molecule has 1 atom stereocenters. The van der Waals surface area contributed by atoms with Gasteiger partial charge in [0.05, 0.1) is 0 Å². The van der Waals surface area contributed by atoms with Gasteiger partial charge in [-0.05, 0) is 37.0 Å². The van der Waals surface area contributed by atoms with E-state index in [0.717, 1.165) is 6.42 Å². The lowest BCUT2D eigenvalue weighted by atomic mass is 9.92. The molecule has 0 amide bonds. The first-order chi connectivity index (χ1) is 13.7. The van der Waals surface area contributed by atoms with E-state index in [1.165, 1.54) is 27.8 Å². The van der Waals surface area contributed by atoms with E-state index in [1.54, 1.807) is 0 Å². The van der Waals surface area contributed by atoms with E-state index in [1.807, 2.05) is 19.9 Å². The van der Waals surface area contributed by atoms with Crippen molar-refractivity contribution in [2.45, 2.75) is 40.0 Å². The largest absolute Gasteiger partial charge is 0.0836 e. The molecule has 144 valence electrons. The van der Waals surface area contributed by atoms with Crippen LogP contribution in [0.25, 0.3) is 11.1 Å². The zero-order valence-corrected chi connectivity index (χ0v) is 17.6. The molecule has 1 unspecified atom stereocenters. The molecule has 4 rings (SSSR count). The van der Waals surface area contributed by atoms with Gasteiger partial charge in [0.2, 0.25) is 0 Å². The molecule has 1 aliphatic rings. The van der Waals surface area contributed by atoms with E-state index in [9.17, 15) is 0 Å². The zero-order valence-electron chi connectivity index (χ0n) is 17.6. The van der Waals surface area contributed by atoms with Crippen molar-refractivity contribution in [3.05, 3.63) is 120 Å². The molecule has 0 aromatic heterocycles. The number of allylic oxidation sites excluding steroid dienone is 4. The lowest BCUT2D eigenvalue weighted by Gasteiger charge is -2.13. The van der Waals surface area contributed by atoms with Crippen molar-refractivity contribution < 1.29 is 0 Å². The van der Waals surface area contributed by atoms with Crippen LogP contribution in [0, 0.1) is 13.8 Å². The Morgan fingerprint density at radius 3 is 1.93 bits per heavy atom. The Hall–Kier alpha value is -2.86. The second-order valence-electron chi connectivity index (χ2n) is 6.80. The van der Waals surface area contributed by atoms with E-state index in [0.29, 0.717) is 5.92 Å². The lowest BCUT2D eigenvalue weighted by molar-refractivity contribution is 0.853. The van der Waals surface area contributed by atoms with Crippen molar-refractivity contribution >= 4 is 0 Å². The molecule has 3 aromatic rings. The summed E-state index contributed by atoms with van der Waals surface area (Å²) >= 11 is 0. The maximum atomic E-state index is 2.27. The van der Waals surface area contributed by atoms with Gasteiger partial charge in [-0.25, -0.2) is 0 Å². The highest BCUT2D eigenvalue weighted by molar-refractivity contribution is 5.63. The van der Waals surface area contributed by atoms with Crippen molar-refractivity contribution in [2.75, 3.05) is 0 Å². The average Bonchev–Trinajstić information content (AvgIpc) is 2.77. The summed E-state index contributed by atoms with van der Waals surface area (Å²) in [7, 11) is 0. The summed E-state index contributed by atoms with van der Waals surface area (Å²) in [4.78, 5) is 0. The van der Waals surface area contributed by atoms with E-state index >= 15 is 0 Å². The SMILES string of the molecule is CC.Cc1ccc(C2C=CC=CC2)cc1.Cc1cccc(-c2ccccc2)c1. The van der Waals surface area contributed by atoms with Crippen molar-refractivity contribution in [1.82, 2.24) is 0 Å². The highest BCUT2D eigenvalue weighted by Gasteiger charge is 2.06. The molecule has 1 aliphatic carbocycles. The third kappa shape index (κ3) is 6.70. The minimum atomic E-state index is 0.589. The summed E-state index contributed by atoms with van der Waals surface area (Å²) in [6, 6.07) is 27.8. The van der Waals surface area contributed by atoms with Crippen LogP contribution in [0.4, 0.5) is 0 Å². The molecule has 3 aromatic carbocycles. The molecule has 0 N–H and O–H groups in total. The topological polar surface area (TPSA) is 0 Å². The Labute approximate surface area is 171 Å². The minimum absolute atomic E-state index is 0.589. The van der Waals surface area contributed by atoms with Gasteiger partial charge in [-0.1, -0.05) is 128 Å². The maximum absolute atomic E-state index is 2.27. The highest BCUT2D eigenvalue weighted by atomic mass is 14.1. The number of benzene rings is 3. The lowest BCUT2D eigenvalue weighted by Crippen LogP contribution is -1.95. The molecule has 0 nitrogen and oxygen atoms in total. The third-order valence-corrected chi connectivity index (χ3v) is 4.61. The van der Waals surface area contributed by atoms with Gasteiger partial charge in [-0.3, -0.25) is 0 Å². The quantitative estimate of drug-likeness (QED) is 0.427. The van der Waals surface area contributed by atoms with Crippen LogP contribution in [-0.4, -0.2) is 0 Å². The first-order valence-electron chi connectivity index (χ1n) is 10.2. The van der Waals surface area contributed by atoms with E-state index in [4.69, 9.17) is 0 Å². The van der Waals surface area contributed by atoms with Crippen LogP contribution in [-0.2, 0) is 0 Å². The number of rotatable bonds is 2. The molecule has 0 spiro atoms. The third-order valence-electron chi connectivity index (χ3n) is 4.61. The van der Waals surface area contributed by atoms with Crippen molar-refractivity contribution in [1.29, 1.82) is 0 Å². The Kier molecular flexibility index (Phi) is 9.01. The Bertz CT molecular complexity index is 867. The van der Waals surface area contributed by atoms with E-state index in [-0.39, 0.29) is 0 Å². The first-order valence-corrected chi connectivity index (χ1v) is 10.2. The molecule has 0 bridgehead atoms. The average molecular weight is 369 g/mol. The fraction of sp³-hybridized carbons (Fsp3) is 0.214. The minimum Gasteiger partial charge on any atom is -0.0836 e. The van der Waals surface area contributed by atoms with Gasteiger partial charge in [0.1, 0.15) is 0 Å². The summed E-state index contributed by atoms with van der Waals surface area (Å²) in [6.07, 6.45) is 9.88. The smallest absolute Gasteiger partial charge is 0.00557 e. The van der Waals surface area contributed by atoms with E-state index < -0.39 is 0 Å². The van der Waals surface area contributed by atoms with Crippen molar-refractivity contribution in [3.8, 4) is 11.1 Å². The predicted molar refractivity (Wildman–Crippen MR) is 125 cm³/mol. The summed E-state index contributed by atoms with van der Waals surface area (Å²) < 4.78 is 0. The molecule has 0 heterocycles. The fourth-order valence-corrected chi connectivity index (χ4v) is 3.10. The van der Waals surface area contributed by atoms with E-state index in [2.05, 4.69) is 111 Å². The van der Waals surface area contributed by atoms with Gasteiger partial charge in [0.25, 0.3) is 0 Å². The van der Waals surface area contributed by atoms with Crippen LogP contribution in [0.2, 0.25) is 0 Å².